The van der Waals surface area contributed by atoms with Gasteiger partial charge in [0.2, 0.25) is 10.0 Å². The molecule has 2 aliphatic rings. The highest BCUT2D eigenvalue weighted by Crippen LogP contribution is 2.27. The van der Waals surface area contributed by atoms with Crippen molar-refractivity contribution in [3.8, 4) is 0 Å². The number of nitrogens with one attached hydrogen (secondary N) is 1. The molecule has 98 valence electrons. The van der Waals surface area contributed by atoms with Crippen LogP contribution in [0.2, 0.25) is 0 Å². The monoisotopic (exact) mass is 262 g/mol. The lowest BCUT2D eigenvalue weighted by atomic mass is 9.99. The van der Waals surface area contributed by atoms with Gasteiger partial charge in [0, 0.05) is 19.6 Å². The van der Waals surface area contributed by atoms with E-state index in [-0.39, 0.29) is 11.2 Å². The molecule has 2 fully saturated rings. The number of piperidine rings is 1. The third-order valence-electron chi connectivity index (χ3n) is 3.33. The van der Waals surface area contributed by atoms with Crippen LogP contribution in [0.15, 0.2) is 0 Å². The molecule has 17 heavy (non-hydrogen) atoms. The second-order valence-electron chi connectivity index (χ2n) is 4.83. The first-order chi connectivity index (χ1) is 7.99. The van der Waals surface area contributed by atoms with Crippen molar-refractivity contribution in [2.75, 3.05) is 19.6 Å². The average Bonchev–Trinajstić information content (AvgIpc) is 3.11. The highest BCUT2D eigenvalue weighted by molar-refractivity contribution is 7.90. The topological polar surface area (TPSA) is 86.7 Å². The first-order valence-electron chi connectivity index (χ1n) is 5.95. The lowest BCUT2D eigenvalue weighted by Gasteiger charge is -2.30. The van der Waals surface area contributed by atoms with E-state index < -0.39 is 16.1 Å². The Kier molecular flexibility index (Phi) is 3.58. The second-order valence-corrected chi connectivity index (χ2v) is 6.88. The van der Waals surface area contributed by atoms with E-state index in [1.807, 2.05) is 0 Å². The van der Waals surface area contributed by atoms with Crippen LogP contribution in [-0.2, 0) is 10.0 Å². The number of hydrogen-bond acceptors (Lipinski definition) is 3. The maximum atomic E-state index is 11.6. The third kappa shape index (κ3) is 3.32. The van der Waals surface area contributed by atoms with Gasteiger partial charge in [0.15, 0.2) is 0 Å². The van der Waals surface area contributed by atoms with Gasteiger partial charge in [0.05, 0.1) is 5.25 Å². The molecule has 1 amide bonds. The Labute approximate surface area is 101 Å². The molecule has 1 saturated carbocycles. The zero-order valence-corrected chi connectivity index (χ0v) is 10.4. The van der Waals surface area contributed by atoms with Crippen LogP contribution in [0.1, 0.15) is 25.7 Å². The smallest absolute Gasteiger partial charge is 0.407 e. The van der Waals surface area contributed by atoms with Gasteiger partial charge >= 0.3 is 6.09 Å². The summed E-state index contributed by atoms with van der Waals surface area (Å²) in [5.74, 6) is 0.105. The van der Waals surface area contributed by atoms with Crippen LogP contribution in [0.4, 0.5) is 4.79 Å². The van der Waals surface area contributed by atoms with Crippen molar-refractivity contribution >= 4 is 16.1 Å². The summed E-state index contributed by atoms with van der Waals surface area (Å²) >= 11 is 0. The summed E-state index contributed by atoms with van der Waals surface area (Å²) in [5, 5.41) is 8.66. The van der Waals surface area contributed by atoms with E-state index in [2.05, 4.69) is 4.72 Å². The molecule has 0 aromatic rings. The molecular weight excluding hydrogens is 244 g/mol. The normalized spacial score (nSPS) is 25.9. The minimum absolute atomic E-state index is 0.105. The largest absolute Gasteiger partial charge is 0.465 e. The van der Waals surface area contributed by atoms with E-state index in [1.54, 1.807) is 0 Å². The van der Waals surface area contributed by atoms with Crippen molar-refractivity contribution in [1.29, 1.82) is 0 Å². The Hall–Kier alpha value is -0.820. The van der Waals surface area contributed by atoms with Crippen LogP contribution in [0.3, 0.4) is 0 Å². The van der Waals surface area contributed by atoms with Crippen LogP contribution in [-0.4, -0.2) is 49.4 Å². The van der Waals surface area contributed by atoms with Gasteiger partial charge < -0.3 is 10.0 Å². The number of rotatable bonds is 4. The Morgan fingerprint density at radius 3 is 2.65 bits per heavy atom. The number of likely N-dealkylation sites (tertiary alicyclic amines) is 1. The number of hydrogen-bond donors (Lipinski definition) is 2. The van der Waals surface area contributed by atoms with Crippen LogP contribution in [0, 0.1) is 5.92 Å². The van der Waals surface area contributed by atoms with Crippen molar-refractivity contribution in [2.45, 2.75) is 30.9 Å². The quantitative estimate of drug-likeness (QED) is 0.770. The van der Waals surface area contributed by atoms with Gasteiger partial charge in [-0.25, -0.2) is 17.9 Å². The number of carbonyl (C=O) groups is 1. The van der Waals surface area contributed by atoms with Gasteiger partial charge in [-0.15, -0.1) is 0 Å². The molecule has 1 unspecified atom stereocenters. The third-order valence-corrected chi connectivity index (χ3v) is 5.24. The highest BCUT2D eigenvalue weighted by Gasteiger charge is 2.36. The van der Waals surface area contributed by atoms with Crippen molar-refractivity contribution in [3.63, 3.8) is 0 Å². The van der Waals surface area contributed by atoms with Gasteiger partial charge in [-0.2, -0.15) is 0 Å². The molecular formula is C10H18N2O4S. The molecule has 0 aromatic carbocycles. The van der Waals surface area contributed by atoms with Crippen molar-refractivity contribution in [1.82, 2.24) is 9.62 Å². The lowest BCUT2D eigenvalue weighted by Crippen LogP contribution is -2.43. The highest BCUT2D eigenvalue weighted by atomic mass is 32.2. The number of carboxylic acid groups (broad SMARTS) is 1. The van der Waals surface area contributed by atoms with Crippen LogP contribution in [0.5, 0.6) is 0 Å². The molecule has 0 spiro atoms. The molecule has 0 bridgehead atoms. The predicted molar refractivity (Wildman–Crippen MR) is 62.3 cm³/mol. The van der Waals surface area contributed by atoms with E-state index >= 15 is 0 Å². The second kappa shape index (κ2) is 4.81. The fourth-order valence-corrected chi connectivity index (χ4v) is 3.60. The first-order valence-corrected chi connectivity index (χ1v) is 7.50. The molecule has 2 rings (SSSR count). The molecule has 1 saturated heterocycles. The van der Waals surface area contributed by atoms with Crippen molar-refractivity contribution in [3.05, 3.63) is 0 Å². The molecule has 7 heteroatoms. The maximum Gasteiger partial charge on any atom is 0.407 e. The summed E-state index contributed by atoms with van der Waals surface area (Å²) < 4.78 is 25.8. The van der Waals surface area contributed by atoms with Gasteiger partial charge in [-0.3, -0.25) is 0 Å². The zero-order valence-electron chi connectivity index (χ0n) is 9.63. The maximum absolute atomic E-state index is 11.6. The van der Waals surface area contributed by atoms with Crippen molar-refractivity contribution < 1.29 is 18.3 Å². The van der Waals surface area contributed by atoms with Gasteiger partial charge in [0.25, 0.3) is 0 Å². The lowest BCUT2D eigenvalue weighted by molar-refractivity contribution is 0.121. The fourth-order valence-electron chi connectivity index (χ4n) is 2.14. The minimum atomic E-state index is -3.14. The summed E-state index contributed by atoms with van der Waals surface area (Å²) in [6, 6.07) is 0. The Morgan fingerprint density at radius 1 is 1.35 bits per heavy atom. The first kappa shape index (κ1) is 12.6. The standard InChI is InChI=1S/C10H18N2O4S/c13-10(14)12-5-1-2-8(7-12)6-11-17(15,16)9-3-4-9/h8-9,11H,1-7H2,(H,13,14). The van der Waals surface area contributed by atoms with Crippen LogP contribution >= 0.6 is 0 Å². The Balaban J connectivity index is 1.81. The number of sulfonamides is 1. The molecule has 1 aliphatic heterocycles. The molecule has 2 N–H and O–H groups in total. The summed E-state index contributed by atoms with van der Waals surface area (Å²) in [5.41, 5.74) is 0. The number of nitrogens with zero attached hydrogens (tertiary/aromatic N) is 1. The zero-order chi connectivity index (χ0) is 12.5. The molecule has 6 nitrogen and oxygen atoms in total. The summed E-state index contributed by atoms with van der Waals surface area (Å²) in [6.45, 7) is 1.35. The van der Waals surface area contributed by atoms with Crippen LogP contribution in [0.25, 0.3) is 0 Å². The van der Waals surface area contributed by atoms with Gasteiger partial charge in [0.1, 0.15) is 0 Å². The minimum Gasteiger partial charge on any atom is -0.465 e. The van der Waals surface area contributed by atoms with E-state index in [0.717, 1.165) is 25.7 Å². The molecule has 1 heterocycles. The molecule has 0 radical (unpaired) electrons. The van der Waals surface area contributed by atoms with E-state index in [1.165, 1.54) is 4.90 Å². The van der Waals surface area contributed by atoms with E-state index in [0.29, 0.717) is 19.6 Å². The Morgan fingerprint density at radius 2 is 2.06 bits per heavy atom. The van der Waals surface area contributed by atoms with E-state index in [9.17, 15) is 13.2 Å². The summed E-state index contributed by atoms with van der Waals surface area (Å²) in [4.78, 5) is 12.2. The molecule has 1 aliphatic carbocycles. The SMILES string of the molecule is O=C(O)N1CCCC(CNS(=O)(=O)C2CC2)C1. The summed E-state index contributed by atoms with van der Waals surface area (Å²) in [6.07, 6.45) is 2.28. The van der Waals surface area contributed by atoms with E-state index in [4.69, 9.17) is 5.11 Å². The Bertz CT molecular complexity index is 391. The molecule has 0 aromatic heterocycles. The fraction of sp³-hybridized carbons (Fsp3) is 0.900. The molecule has 1 atom stereocenters. The predicted octanol–water partition coefficient (Wildman–Crippen LogP) is 0.458. The van der Waals surface area contributed by atoms with Crippen LogP contribution < -0.4 is 4.72 Å². The van der Waals surface area contributed by atoms with Gasteiger partial charge in [-0.1, -0.05) is 0 Å². The van der Waals surface area contributed by atoms with Crippen molar-refractivity contribution in [2.24, 2.45) is 5.92 Å². The summed E-state index contributed by atoms with van der Waals surface area (Å²) in [7, 11) is -3.14. The average molecular weight is 262 g/mol. The number of amides is 1. The van der Waals surface area contributed by atoms with Gasteiger partial charge in [-0.05, 0) is 31.6 Å².